The SMILES string of the molecule is CC.NNCc1ccc(F)cc1. The summed E-state index contributed by atoms with van der Waals surface area (Å²) >= 11 is 0. The van der Waals surface area contributed by atoms with E-state index >= 15 is 0 Å². The lowest BCUT2D eigenvalue weighted by Gasteiger charge is -1.97. The van der Waals surface area contributed by atoms with Crippen molar-refractivity contribution in [2.24, 2.45) is 5.84 Å². The number of rotatable bonds is 2. The van der Waals surface area contributed by atoms with Crippen LogP contribution in [0.3, 0.4) is 0 Å². The van der Waals surface area contributed by atoms with E-state index in [-0.39, 0.29) is 5.82 Å². The van der Waals surface area contributed by atoms with Crippen LogP contribution in [-0.4, -0.2) is 0 Å². The molecular formula is C9H15FN2. The highest BCUT2D eigenvalue weighted by atomic mass is 19.1. The van der Waals surface area contributed by atoms with Crippen LogP contribution in [0.4, 0.5) is 4.39 Å². The lowest BCUT2D eigenvalue weighted by atomic mass is 10.2. The molecule has 0 fully saturated rings. The Morgan fingerprint density at radius 2 is 1.75 bits per heavy atom. The fourth-order valence-electron chi connectivity index (χ4n) is 0.720. The molecule has 0 spiro atoms. The zero-order valence-corrected chi connectivity index (χ0v) is 7.47. The molecule has 3 N–H and O–H groups in total. The van der Waals surface area contributed by atoms with E-state index in [9.17, 15) is 4.39 Å². The second kappa shape index (κ2) is 6.76. The van der Waals surface area contributed by atoms with E-state index in [0.29, 0.717) is 6.54 Å². The van der Waals surface area contributed by atoms with Gasteiger partial charge in [-0.05, 0) is 17.7 Å². The summed E-state index contributed by atoms with van der Waals surface area (Å²) in [5.41, 5.74) is 3.46. The molecule has 0 atom stereocenters. The third-order valence-electron chi connectivity index (χ3n) is 1.22. The normalized spacial score (nSPS) is 8.67. The Morgan fingerprint density at radius 1 is 1.25 bits per heavy atom. The largest absolute Gasteiger partial charge is 0.271 e. The number of nitrogens with one attached hydrogen (secondary N) is 1. The predicted molar refractivity (Wildman–Crippen MR) is 48.8 cm³/mol. The Morgan fingerprint density at radius 3 is 2.17 bits per heavy atom. The van der Waals surface area contributed by atoms with Crippen LogP contribution in [-0.2, 0) is 6.54 Å². The Kier molecular flexibility index (Phi) is 6.24. The van der Waals surface area contributed by atoms with Crippen molar-refractivity contribution >= 4 is 0 Å². The van der Waals surface area contributed by atoms with Crippen molar-refractivity contribution in [3.8, 4) is 0 Å². The number of hydrogen-bond donors (Lipinski definition) is 2. The van der Waals surface area contributed by atoms with Crippen LogP contribution in [0.2, 0.25) is 0 Å². The van der Waals surface area contributed by atoms with E-state index in [1.807, 2.05) is 13.8 Å². The standard InChI is InChI=1S/C7H9FN2.C2H6/c8-7-3-1-6(2-4-7)5-10-9;1-2/h1-4,10H,5,9H2;1-2H3. The van der Waals surface area contributed by atoms with Crippen LogP contribution in [0.1, 0.15) is 19.4 Å². The second-order valence-electron chi connectivity index (χ2n) is 2.01. The van der Waals surface area contributed by atoms with Gasteiger partial charge in [0.1, 0.15) is 5.82 Å². The summed E-state index contributed by atoms with van der Waals surface area (Å²) < 4.78 is 12.3. The first-order chi connectivity index (χ1) is 5.83. The molecular weight excluding hydrogens is 155 g/mol. The van der Waals surface area contributed by atoms with Crippen LogP contribution in [0, 0.1) is 5.82 Å². The van der Waals surface area contributed by atoms with Crippen molar-refractivity contribution in [2.45, 2.75) is 20.4 Å². The predicted octanol–water partition coefficient (Wildman–Crippen LogP) is 1.82. The number of nitrogens with two attached hydrogens (primary N) is 1. The summed E-state index contributed by atoms with van der Waals surface area (Å²) in [6, 6.07) is 6.20. The molecule has 0 saturated heterocycles. The fraction of sp³-hybridized carbons (Fsp3) is 0.333. The van der Waals surface area contributed by atoms with E-state index in [1.165, 1.54) is 12.1 Å². The highest BCUT2D eigenvalue weighted by Gasteiger charge is 1.89. The molecule has 0 aliphatic carbocycles. The third-order valence-corrected chi connectivity index (χ3v) is 1.22. The molecule has 0 aliphatic rings. The molecule has 0 aromatic heterocycles. The van der Waals surface area contributed by atoms with Gasteiger partial charge in [0.2, 0.25) is 0 Å². The van der Waals surface area contributed by atoms with Crippen molar-refractivity contribution < 1.29 is 4.39 Å². The van der Waals surface area contributed by atoms with Gasteiger partial charge in [0.25, 0.3) is 0 Å². The first kappa shape index (κ1) is 11.1. The van der Waals surface area contributed by atoms with Gasteiger partial charge in [-0.25, -0.2) is 4.39 Å². The van der Waals surface area contributed by atoms with E-state index in [4.69, 9.17) is 5.84 Å². The number of hydrazine groups is 1. The second-order valence-corrected chi connectivity index (χ2v) is 2.01. The zero-order chi connectivity index (χ0) is 9.40. The molecule has 0 saturated carbocycles. The van der Waals surface area contributed by atoms with E-state index in [2.05, 4.69) is 5.43 Å². The smallest absolute Gasteiger partial charge is 0.123 e. The van der Waals surface area contributed by atoms with Crippen LogP contribution in [0.5, 0.6) is 0 Å². The molecule has 3 heteroatoms. The van der Waals surface area contributed by atoms with Gasteiger partial charge in [-0.15, -0.1) is 0 Å². The van der Waals surface area contributed by atoms with Crippen LogP contribution < -0.4 is 11.3 Å². The lowest BCUT2D eigenvalue weighted by molar-refractivity contribution is 0.625. The number of hydrogen-bond acceptors (Lipinski definition) is 2. The molecule has 1 aromatic rings. The quantitative estimate of drug-likeness (QED) is 0.525. The minimum Gasteiger partial charge on any atom is -0.271 e. The van der Waals surface area contributed by atoms with Crippen molar-refractivity contribution in [1.29, 1.82) is 0 Å². The molecule has 0 heterocycles. The van der Waals surface area contributed by atoms with Crippen molar-refractivity contribution in [1.82, 2.24) is 5.43 Å². The molecule has 0 unspecified atom stereocenters. The summed E-state index contributed by atoms with van der Waals surface area (Å²) in [4.78, 5) is 0. The van der Waals surface area contributed by atoms with Gasteiger partial charge in [0, 0.05) is 6.54 Å². The minimum absolute atomic E-state index is 0.222. The van der Waals surface area contributed by atoms with Gasteiger partial charge in [-0.3, -0.25) is 11.3 Å². The lowest BCUT2D eigenvalue weighted by Crippen LogP contribution is -2.20. The average molecular weight is 170 g/mol. The Bertz CT molecular complexity index is 196. The summed E-state index contributed by atoms with van der Waals surface area (Å²) in [7, 11) is 0. The Hall–Kier alpha value is -0.930. The maximum Gasteiger partial charge on any atom is 0.123 e. The van der Waals surface area contributed by atoms with Gasteiger partial charge in [-0.1, -0.05) is 26.0 Å². The van der Waals surface area contributed by atoms with Gasteiger partial charge in [0.05, 0.1) is 0 Å². The fourth-order valence-corrected chi connectivity index (χ4v) is 0.720. The topological polar surface area (TPSA) is 38.0 Å². The van der Waals surface area contributed by atoms with E-state index in [0.717, 1.165) is 5.56 Å². The molecule has 1 rings (SSSR count). The summed E-state index contributed by atoms with van der Waals surface area (Å²) in [5, 5.41) is 0. The Balaban J connectivity index is 0.000000561. The Labute approximate surface area is 72.6 Å². The first-order valence-corrected chi connectivity index (χ1v) is 4.01. The van der Waals surface area contributed by atoms with Crippen LogP contribution >= 0.6 is 0 Å². The van der Waals surface area contributed by atoms with Gasteiger partial charge in [-0.2, -0.15) is 0 Å². The highest BCUT2D eigenvalue weighted by Crippen LogP contribution is 2.00. The molecule has 68 valence electrons. The van der Waals surface area contributed by atoms with Gasteiger partial charge in [0.15, 0.2) is 0 Å². The summed E-state index contributed by atoms with van der Waals surface area (Å²) in [5.74, 6) is 4.83. The maximum absolute atomic E-state index is 12.3. The van der Waals surface area contributed by atoms with Crippen molar-refractivity contribution in [2.75, 3.05) is 0 Å². The zero-order valence-electron chi connectivity index (χ0n) is 7.47. The molecule has 2 nitrogen and oxygen atoms in total. The summed E-state index contributed by atoms with van der Waals surface area (Å²) in [6.45, 7) is 4.57. The summed E-state index contributed by atoms with van der Waals surface area (Å²) in [6.07, 6.45) is 0. The van der Waals surface area contributed by atoms with Gasteiger partial charge < -0.3 is 0 Å². The van der Waals surface area contributed by atoms with Gasteiger partial charge >= 0.3 is 0 Å². The molecule has 1 aromatic carbocycles. The highest BCUT2D eigenvalue weighted by molar-refractivity contribution is 5.15. The van der Waals surface area contributed by atoms with E-state index in [1.54, 1.807) is 12.1 Å². The monoisotopic (exact) mass is 170 g/mol. The first-order valence-electron chi connectivity index (χ1n) is 4.01. The number of benzene rings is 1. The molecule has 0 aliphatic heterocycles. The molecule has 0 radical (unpaired) electrons. The molecule has 12 heavy (non-hydrogen) atoms. The molecule has 0 amide bonds. The number of halogens is 1. The minimum atomic E-state index is -0.222. The maximum atomic E-state index is 12.3. The molecule has 0 bridgehead atoms. The third kappa shape index (κ3) is 4.05. The van der Waals surface area contributed by atoms with Crippen LogP contribution in [0.25, 0.3) is 0 Å². The van der Waals surface area contributed by atoms with Crippen molar-refractivity contribution in [3.05, 3.63) is 35.6 Å². The van der Waals surface area contributed by atoms with E-state index < -0.39 is 0 Å². The van der Waals surface area contributed by atoms with Crippen LogP contribution in [0.15, 0.2) is 24.3 Å². The average Bonchev–Trinajstić information content (AvgIpc) is 2.13. The van der Waals surface area contributed by atoms with Crippen molar-refractivity contribution in [3.63, 3.8) is 0 Å².